The number of benzene rings is 2. The molecule has 2 aromatic carbocycles. The van der Waals surface area contributed by atoms with Crippen LogP contribution in [0.1, 0.15) is 23.9 Å². The Morgan fingerprint density at radius 2 is 1.81 bits per heavy atom. The minimum Gasteiger partial charge on any atom is -0.484 e. The zero-order chi connectivity index (χ0) is 18.5. The number of ether oxygens (including phenoxy) is 1. The van der Waals surface area contributed by atoms with Crippen LogP contribution in [0.4, 0.5) is 5.69 Å². The van der Waals surface area contributed by atoms with E-state index in [4.69, 9.17) is 9.26 Å². The van der Waals surface area contributed by atoms with Gasteiger partial charge >= 0.3 is 0 Å². The van der Waals surface area contributed by atoms with E-state index in [0.29, 0.717) is 23.2 Å². The van der Waals surface area contributed by atoms with Crippen molar-refractivity contribution in [1.29, 1.82) is 0 Å². The molecule has 1 amide bonds. The molecule has 3 aromatic rings. The Kier molecular flexibility index (Phi) is 5.31. The summed E-state index contributed by atoms with van der Waals surface area (Å²) in [6.07, 6.45) is 0.720. The van der Waals surface area contributed by atoms with Gasteiger partial charge in [-0.05, 0) is 61.4 Å². The lowest BCUT2D eigenvalue weighted by Crippen LogP contribution is -2.20. The minimum absolute atomic E-state index is 0.0475. The lowest BCUT2D eigenvalue weighted by atomic mass is 10.1. The second-order valence-corrected chi connectivity index (χ2v) is 6.11. The fraction of sp³-hybridized carbons (Fsp3) is 0.250. The van der Waals surface area contributed by atoms with Crippen LogP contribution in [0.2, 0.25) is 0 Å². The second kappa shape index (κ2) is 7.82. The Morgan fingerprint density at radius 3 is 2.42 bits per heavy atom. The van der Waals surface area contributed by atoms with Gasteiger partial charge in [0.2, 0.25) is 0 Å². The number of nitrogens with zero attached hydrogens (tertiary/aromatic N) is 2. The lowest BCUT2D eigenvalue weighted by Gasteiger charge is -2.09. The zero-order valence-electron chi connectivity index (χ0n) is 15.1. The Morgan fingerprint density at radius 1 is 1.12 bits per heavy atom. The first-order valence-electron chi connectivity index (χ1n) is 8.47. The van der Waals surface area contributed by atoms with Crippen LogP contribution >= 0.6 is 0 Å². The molecule has 1 aromatic heterocycles. The highest BCUT2D eigenvalue weighted by atomic mass is 16.5. The van der Waals surface area contributed by atoms with Gasteiger partial charge < -0.3 is 14.6 Å². The summed E-state index contributed by atoms with van der Waals surface area (Å²) in [6.45, 7) is 5.91. The van der Waals surface area contributed by atoms with Gasteiger partial charge in [0.25, 0.3) is 11.8 Å². The molecule has 3 rings (SSSR count). The van der Waals surface area contributed by atoms with Crippen LogP contribution in [0.25, 0.3) is 11.5 Å². The third-order valence-corrected chi connectivity index (χ3v) is 3.77. The molecule has 0 atom stereocenters. The normalized spacial score (nSPS) is 10.6. The second-order valence-electron chi connectivity index (χ2n) is 6.11. The molecule has 1 N–H and O–H groups in total. The molecule has 6 heteroatoms. The maximum atomic E-state index is 12.1. The number of carbonyl (C=O) groups is 1. The summed E-state index contributed by atoms with van der Waals surface area (Å²) in [5.74, 6) is 1.61. The first kappa shape index (κ1) is 17.7. The molecule has 26 heavy (non-hydrogen) atoms. The van der Waals surface area contributed by atoms with Gasteiger partial charge in [0, 0.05) is 17.7 Å². The first-order chi connectivity index (χ1) is 12.5. The zero-order valence-corrected chi connectivity index (χ0v) is 15.1. The predicted octanol–water partition coefficient (Wildman–Crippen LogP) is 3.93. The molecule has 0 saturated carbocycles. The number of hydrogen-bond donors (Lipinski definition) is 1. The van der Waals surface area contributed by atoms with Gasteiger partial charge in [0.1, 0.15) is 5.75 Å². The van der Waals surface area contributed by atoms with Gasteiger partial charge in [-0.2, -0.15) is 4.98 Å². The quantitative estimate of drug-likeness (QED) is 0.728. The SMILES string of the molecule is CCc1noc(-c2ccc(NC(=O)COc3cc(C)cc(C)c3)cc2)n1. The molecule has 0 aliphatic heterocycles. The van der Waals surface area contributed by atoms with Crippen molar-refractivity contribution in [3.63, 3.8) is 0 Å². The Hall–Kier alpha value is -3.15. The molecule has 0 aliphatic carbocycles. The number of nitrogens with one attached hydrogen (secondary N) is 1. The number of hydrogen-bond acceptors (Lipinski definition) is 5. The van der Waals surface area contributed by atoms with Crippen molar-refractivity contribution < 1.29 is 14.1 Å². The van der Waals surface area contributed by atoms with Crippen molar-refractivity contribution in [3.05, 3.63) is 59.4 Å². The molecule has 6 nitrogen and oxygen atoms in total. The number of amides is 1. The first-order valence-corrected chi connectivity index (χ1v) is 8.47. The summed E-state index contributed by atoms with van der Waals surface area (Å²) in [5, 5.41) is 6.68. The summed E-state index contributed by atoms with van der Waals surface area (Å²) < 4.78 is 10.8. The molecule has 0 fully saturated rings. The van der Waals surface area contributed by atoms with Gasteiger partial charge in [-0.15, -0.1) is 0 Å². The van der Waals surface area contributed by atoms with E-state index in [-0.39, 0.29) is 12.5 Å². The summed E-state index contributed by atoms with van der Waals surface area (Å²) in [5.41, 5.74) is 3.69. The predicted molar refractivity (Wildman–Crippen MR) is 99.2 cm³/mol. The van der Waals surface area contributed by atoms with Crippen LogP contribution < -0.4 is 10.1 Å². The standard InChI is InChI=1S/C20H21N3O3/c1-4-18-22-20(26-23-18)15-5-7-16(8-6-15)21-19(24)12-25-17-10-13(2)9-14(3)11-17/h5-11H,4,12H2,1-3H3,(H,21,24). The molecular formula is C20H21N3O3. The summed E-state index contributed by atoms with van der Waals surface area (Å²) in [6, 6.07) is 13.1. The maximum absolute atomic E-state index is 12.1. The molecule has 0 aliphatic rings. The molecule has 0 bridgehead atoms. The number of aryl methyl sites for hydroxylation is 3. The molecular weight excluding hydrogens is 330 g/mol. The summed E-state index contributed by atoms with van der Waals surface area (Å²) >= 11 is 0. The van der Waals surface area contributed by atoms with Crippen molar-refractivity contribution >= 4 is 11.6 Å². The van der Waals surface area contributed by atoms with E-state index in [1.807, 2.05) is 45.0 Å². The van der Waals surface area contributed by atoms with E-state index in [1.165, 1.54) is 0 Å². The summed E-state index contributed by atoms with van der Waals surface area (Å²) in [7, 11) is 0. The number of carbonyl (C=O) groups excluding carboxylic acids is 1. The van der Waals surface area contributed by atoms with Crippen LogP contribution in [0.3, 0.4) is 0 Å². The van der Waals surface area contributed by atoms with Crippen LogP contribution in [0, 0.1) is 13.8 Å². The van der Waals surface area contributed by atoms with Gasteiger partial charge in [-0.3, -0.25) is 4.79 Å². The van der Waals surface area contributed by atoms with Crippen molar-refractivity contribution in [2.75, 3.05) is 11.9 Å². The van der Waals surface area contributed by atoms with Crippen LogP contribution in [0.5, 0.6) is 5.75 Å². The average Bonchev–Trinajstić information content (AvgIpc) is 3.09. The Balaban J connectivity index is 1.57. The highest BCUT2D eigenvalue weighted by Gasteiger charge is 2.09. The van der Waals surface area contributed by atoms with Crippen molar-refractivity contribution in [3.8, 4) is 17.2 Å². The van der Waals surface area contributed by atoms with Crippen molar-refractivity contribution in [2.45, 2.75) is 27.2 Å². The number of aromatic nitrogens is 2. The fourth-order valence-electron chi connectivity index (χ4n) is 2.57. The summed E-state index contributed by atoms with van der Waals surface area (Å²) in [4.78, 5) is 16.4. The van der Waals surface area contributed by atoms with E-state index >= 15 is 0 Å². The van der Waals surface area contributed by atoms with Crippen LogP contribution in [-0.4, -0.2) is 22.7 Å². The maximum Gasteiger partial charge on any atom is 0.262 e. The minimum atomic E-state index is -0.219. The molecule has 0 saturated heterocycles. The fourth-order valence-corrected chi connectivity index (χ4v) is 2.57. The van der Waals surface area contributed by atoms with Crippen molar-refractivity contribution in [2.24, 2.45) is 0 Å². The smallest absolute Gasteiger partial charge is 0.262 e. The van der Waals surface area contributed by atoms with E-state index < -0.39 is 0 Å². The van der Waals surface area contributed by atoms with Gasteiger partial charge in [0.05, 0.1) is 0 Å². The van der Waals surface area contributed by atoms with Crippen LogP contribution in [-0.2, 0) is 11.2 Å². The monoisotopic (exact) mass is 351 g/mol. The van der Waals surface area contributed by atoms with Gasteiger partial charge in [0.15, 0.2) is 12.4 Å². The van der Waals surface area contributed by atoms with E-state index in [2.05, 4.69) is 21.5 Å². The van der Waals surface area contributed by atoms with Crippen molar-refractivity contribution in [1.82, 2.24) is 10.1 Å². The molecule has 0 unspecified atom stereocenters. The molecule has 0 spiro atoms. The molecule has 0 radical (unpaired) electrons. The number of rotatable bonds is 6. The lowest BCUT2D eigenvalue weighted by molar-refractivity contribution is -0.118. The third-order valence-electron chi connectivity index (χ3n) is 3.77. The molecule has 134 valence electrons. The molecule has 1 heterocycles. The topological polar surface area (TPSA) is 77.2 Å². The Labute approximate surface area is 152 Å². The number of anilines is 1. The van der Waals surface area contributed by atoms with E-state index in [0.717, 1.165) is 23.1 Å². The third kappa shape index (κ3) is 4.47. The Bertz CT molecular complexity index is 881. The van der Waals surface area contributed by atoms with Gasteiger partial charge in [-0.1, -0.05) is 18.1 Å². The largest absolute Gasteiger partial charge is 0.484 e. The van der Waals surface area contributed by atoms with Gasteiger partial charge in [-0.25, -0.2) is 0 Å². The average molecular weight is 351 g/mol. The van der Waals surface area contributed by atoms with E-state index in [9.17, 15) is 4.79 Å². The highest BCUT2D eigenvalue weighted by molar-refractivity contribution is 5.92. The van der Waals surface area contributed by atoms with Crippen LogP contribution in [0.15, 0.2) is 47.0 Å². The highest BCUT2D eigenvalue weighted by Crippen LogP contribution is 2.20. The van der Waals surface area contributed by atoms with E-state index in [1.54, 1.807) is 12.1 Å².